The van der Waals surface area contributed by atoms with Gasteiger partial charge in [-0.15, -0.1) is 0 Å². The van der Waals surface area contributed by atoms with Crippen LogP contribution in [0.25, 0.3) is 0 Å². The predicted molar refractivity (Wildman–Crippen MR) is 113 cm³/mol. The first-order valence-electron chi connectivity index (χ1n) is 10.6. The van der Waals surface area contributed by atoms with Crippen molar-refractivity contribution in [3.63, 3.8) is 0 Å². The van der Waals surface area contributed by atoms with Gasteiger partial charge in [-0.1, -0.05) is 19.9 Å². The van der Waals surface area contributed by atoms with E-state index in [1.54, 1.807) is 0 Å². The van der Waals surface area contributed by atoms with Crippen molar-refractivity contribution in [1.29, 1.82) is 0 Å². The number of ether oxygens (including phenoxy) is 1. The molecule has 0 saturated heterocycles. The van der Waals surface area contributed by atoms with E-state index < -0.39 is 17.6 Å². The van der Waals surface area contributed by atoms with E-state index >= 15 is 0 Å². The number of hydrogen-bond acceptors (Lipinski definition) is 3. The Labute approximate surface area is 177 Å². The normalized spacial score (nSPS) is 13.6. The number of benzene rings is 1. The molecule has 170 valence electrons. The Morgan fingerprint density at radius 2 is 1.87 bits per heavy atom. The van der Waals surface area contributed by atoms with Gasteiger partial charge in [-0.25, -0.2) is 4.99 Å². The minimum Gasteiger partial charge on any atom is -0.465 e. The van der Waals surface area contributed by atoms with Crippen LogP contribution in [0.2, 0.25) is 0 Å². The van der Waals surface area contributed by atoms with E-state index in [4.69, 9.17) is 4.74 Å². The third kappa shape index (κ3) is 9.61. The average molecular weight is 431 g/mol. The molecule has 0 heterocycles. The fourth-order valence-corrected chi connectivity index (χ4v) is 2.87. The molecule has 0 unspecified atom stereocenters. The van der Waals surface area contributed by atoms with Crippen LogP contribution in [0.1, 0.15) is 63.4 Å². The van der Waals surface area contributed by atoms with E-state index in [0.29, 0.717) is 6.61 Å². The zero-order valence-corrected chi connectivity index (χ0v) is 18.6. The highest BCUT2D eigenvalue weighted by Crippen LogP contribution is 2.29. The average Bonchev–Trinajstić information content (AvgIpc) is 2.68. The second kappa shape index (κ2) is 12.6. The Bertz CT molecular complexity index is 686. The molecule has 30 heavy (non-hydrogen) atoms. The fraction of sp³-hybridized carbons (Fsp3) is 0.636. The molecule has 1 atom stereocenters. The first-order valence-corrected chi connectivity index (χ1v) is 10.6. The number of rotatable bonds is 10. The van der Waals surface area contributed by atoms with E-state index in [2.05, 4.69) is 24.2 Å². The number of alkyl halides is 3. The van der Waals surface area contributed by atoms with Crippen LogP contribution in [0.4, 0.5) is 13.2 Å². The second-order valence-electron chi connectivity index (χ2n) is 7.87. The molecule has 1 rings (SSSR count). The summed E-state index contributed by atoms with van der Waals surface area (Å²) in [5, 5.41) is 2.54. The summed E-state index contributed by atoms with van der Waals surface area (Å²) < 4.78 is 44.4. The fourth-order valence-electron chi connectivity index (χ4n) is 2.87. The third-order valence-electron chi connectivity index (χ3n) is 4.72. The maximum atomic E-state index is 12.9. The smallest absolute Gasteiger partial charge is 0.416 e. The van der Waals surface area contributed by atoms with Gasteiger partial charge in [0.25, 0.3) is 11.9 Å². The molecule has 0 aromatic heterocycles. The van der Waals surface area contributed by atoms with Crippen molar-refractivity contribution in [2.45, 2.75) is 59.7 Å². The van der Waals surface area contributed by atoms with Crippen molar-refractivity contribution in [1.82, 2.24) is 5.32 Å². The molecule has 1 amide bonds. The van der Waals surface area contributed by atoms with Gasteiger partial charge >= 0.3 is 6.18 Å². The van der Waals surface area contributed by atoms with Crippen LogP contribution in [-0.2, 0) is 10.9 Å². The largest absolute Gasteiger partial charge is 0.465 e. The van der Waals surface area contributed by atoms with E-state index in [1.165, 1.54) is 17.0 Å². The molecule has 0 aliphatic heterocycles. The number of nitrogens with one attached hydrogen (secondary N) is 2. The minimum absolute atomic E-state index is 0.0498. The zero-order chi connectivity index (χ0) is 22.7. The maximum absolute atomic E-state index is 12.9. The molecular weight excluding hydrogens is 395 g/mol. The molecule has 5 nitrogen and oxygen atoms in total. The van der Waals surface area contributed by atoms with Crippen LogP contribution in [0.3, 0.4) is 0 Å². The molecule has 0 radical (unpaired) electrons. The van der Waals surface area contributed by atoms with Gasteiger partial charge in [0.05, 0.1) is 37.8 Å². The Hall–Kier alpha value is -2.09. The number of hydrogen-bond donors (Lipinski definition) is 2. The van der Waals surface area contributed by atoms with Crippen LogP contribution >= 0.6 is 0 Å². The lowest BCUT2D eigenvalue weighted by atomic mass is 10.1. The highest BCUT2D eigenvalue weighted by molar-refractivity contribution is 6.04. The van der Waals surface area contributed by atoms with E-state index in [-0.39, 0.29) is 23.5 Å². The monoisotopic (exact) mass is 430 g/mol. The molecule has 0 aliphatic rings. The van der Waals surface area contributed by atoms with Gasteiger partial charge in [-0.05, 0) is 57.7 Å². The lowest BCUT2D eigenvalue weighted by Gasteiger charge is -2.17. The number of amidine groups is 1. The van der Waals surface area contributed by atoms with Crippen LogP contribution < -0.4 is 10.2 Å². The molecule has 1 aromatic carbocycles. The Kier molecular flexibility index (Phi) is 10.9. The summed E-state index contributed by atoms with van der Waals surface area (Å²) in [5.74, 6) is -0.467. The molecule has 1 aromatic rings. The topological polar surface area (TPSA) is 55.1 Å². The van der Waals surface area contributed by atoms with E-state index in [9.17, 15) is 18.0 Å². The summed E-state index contributed by atoms with van der Waals surface area (Å²) in [7, 11) is 0. The van der Waals surface area contributed by atoms with Crippen molar-refractivity contribution >= 4 is 11.9 Å². The van der Waals surface area contributed by atoms with Crippen molar-refractivity contribution in [2.75, 3.05) is 26.2 Å². The number of nitrogens with zero attached hydrogens (tertiary/aromatic N) is 1. The van der Waals surface area contributed by atoms with Gasteiger partial charge in [0, 0.05) is 5.56 Å². The van der Waals surface area contributed by atoms with Crippen LogP contribution in [-0.4, -0.2) is 44.2 Å². The van der Waals surface area contributed by atoms with Gasteiger partial charge in [0.2, 0.25) is 0 Å². The molecule has 0 fully saturated rings. The standard InChI is InChI=1S/C22H34F3N3O2/c1-6-28(7-2)13-9-10-17(5)26-21(30-15-16(3)4)27-20(29)18-11-8-12-19(14-18)22(23,24)25/h8,11-12,14,16-17H,6-7,9-10,13,15H2,1-5H3,(H,26,27,29)/p+1/t17-/m0/s1. The minimum atomic E-state index is -4.51. The maximum Gasteiger partial charge on any atom is 0.416 e. The molecular formula is C22H35F3N3O2+. The lowest BCUT2D eigenvalue weighted by Crippen LogP contribution is -3.11. The number of aliphatic imine (C=N–C) groups is 1. The summed E-state index contributed by atoms with van der Waals surface area (Å²) in [6.45, 7) is 13.7. The highest BCUT2D eigenvalue weighted by atomic mass is 19.4. The Morgan fingerprint density at radius 3 is 2.43 bits per heavy atom. The van der Waals surface area contributed by atoms with Crippen molar-refractivity contribution in [2.24, 2.45) is 10.9 Å². The summed E-state index contributed by atoms with van der Waals surface area (Å²) in [6, 6.07) is 4.27. The number of carbonyl (C=O) groups is 1. The first-order chi connectivity index (χ1) is 14.1. The summed E-state index contributed by atoms with van der Waals surface area (Å²) in [5.41, 5.74) is -0.965. The number of amides is 1. The molecule has 0 spiro atoms. The quantitative estimate of drug-likeness (QED) is 0.441. The molecule has 2 N–H and O–H groups in total. The molecule has 0 saturated carbocycles. The lowest BCUT2D eigenvalue weighted by molar-refractivity contribution is -0.896. The number of quaternary nitrogens is 1. The SMILES string of the molecule is CC[NH+](CC)CCC[C@H](C)N=C(NC(=O)c1cccc(C(F)(F)F)c1)OCC(C)C. The second-order valence-corrected chi connectivity index (χ2v) is 7.87. The molecule has 8 heteroatoms. The van der Waals surface area contributed by atoms with Gasteiger partial charge in [0.1, 0.15) is 0 Å². The van der Waals surface area contributed by atoms with Crippen LogP contribution in [0.15, 0.2) is 29.3 Å². The number of halogens is 3. The van der Waals surface area contributed by atoms with Crippen molar-refractivity contribution in [3.8, 4) is 0 Å². The van der Waals surface area contributed by atoms with Crippen molar-refractivity contribution in [3.05, 3.63) is 35.4 Å². The molecule has 0 aliphatic carbocycles. The Balaban J connectivity index is 2.84. The van der Waals surface area contributed by atoms with Gasteiger partial charge in [0.15, 0.2) is 0 Å². The van der Waals surface area contributed by atoms with Crippen LogP contribution in [0.5, 0.6) is 0 Å². The summed E-state index contributed by atoms with van der Waals surface area (Å²) >= 11 is 0. The van der Waals surface area contributed by atoms with E-state index in [0.717, 1.165) is 44.6 Å². The van der Waals surface area contributed by atoms with Gasteiger partial charge < -0.3 is 9.64 Å². The third-order valence-corrected chi connectivity index (χ3v) is 4.72. The first kappa shape index (κ1) is 25.9. The van der Waals surface area contributed by atoms with Crippen LogP contribution in [0, 0.1) is 5.92 Å². The zero-order valence-electron chi connectivity index (χ0n) is 18.6. The number of carbonyl (C=O) groups excluding carboxylic acids is 1. The van der Waals surface area contributed by atoms with Gasteiger partial charge in [-0.2, -0.15) is 13.2 Å². The summed E-state index contributed by atoms with van der Waals surface area (Å²) in [6.07, 6.45) is -2.69. The highest BCUT2D eigenvalue weighted by Gasteiger charge is 2.31. The van der Waals surface area contributed by atoms with Crippen molar-refractivity contribution < 1.29 is 27.6 Å². The Morgan fingerprint density at radius 1 is 1.20 bits per heavy atom. The molecule has 0 bridgehead atoms. The van der Waals surface area contributed by atoms with Gasteiger partial charge in [-0.3, -0.25) is 10.1 Å². The summed E-state index contributed by atoms with van der Waals surface area (Å²) in [4.78, 5) is 18.5. The van der Waals surface area contributed by atoms with E-state index in [1.807, 2.05) is 20.8 Å². The predicted octanol–water partition coefficient (Wildman–Crippen LogP) is 3.56.